The Kier molecular flexibility index (Phi) is 5.73. The molecule has 0 saturated carbocycles. The van der Waals surface area contributed by atoms with Gasteiger partial charge in [0.25, 0.3) is 5.91 Å². The van der Waals surface area contributed by atoms with Gasteiger partial charge < -0.3 is 19.4 Å². The number of carbonyl (C=O) groups excluding carboxylic acids is 3. The molecule has 7 nitrogen and oxygen atoms in total. The summed E-state index contributed by atoms with van der Waals surface area (Å²) in [6.07, 6.45) is 1.40. The van der Waals surface area contributed by atoms with Crippen LogP contribution in [0, 0.1) is 0 Å². The Labute approximate surface area is 139 Å². The van der Waals surface area contributed by atoms with Gasteiger partial charge in [-0.2, -0.15) is 0 Å². The molecule has 7 heteroatoms. The fourth-order valence-corrected chi connectivity index (χ4v) is 1.98. The lowest BCUT2D eigenvalue weighted by Crippen LogP contribution is -2.34. The lowest BCUT2D eigenvalue weighted by Gasteiger charge is -2.15. The maximum absolute atomic E-state index is 12.0. The summed E-state index contributed by atoms with van der Waals surface area (Å²) in [5.41, 5.74) is 0.923. The topological polar surface area (TPSA) is 88.9 Å². The molecule has 1 aromatic carbocycles. The Bertz CT molecular complexity index is 707. The van der Waals surface area contributed by atoms with E-state index < -0.39 is 5.97 Å². The van der Waals surface area contributed by atoms with Gasteiger partial charge in [-0.3, -0.25) is 9.59 Å². The highest BCUT2D eigenvalue weighted by molar-refractivity contribution is 5.98. The predicted octanol–water partition coefficient (Wildman–Crippen LogP) is 2.17. The molecule has 0 saturated heterocycles. The predicted molar refractivity (Wildman–Crippen MR) is 86.7 cm³/mol. The van der Waals surface area contributed by atoms with Crippen LogP contribution in [-0.2, 0) is 9.53 Å². The second kappa shape index (κ2) is 7.96. The van der Waals surface area contributed by atoms with Crippen LogP contribution in [0.3, 0.4) is 0 Å². The molecule has 0 radical (unpaired) electrons. The van der Waals surface area contributed by atoms with Gasteiger partial charge in [-0.05, 0) is 43.3 Å². The van der Waals surface area contributed by atoms with Crippen molar-refractivity contribution in [1.29, 1.82) is 0 Å². The zero-order valence-corrected chi connectivity index (χ0v) is 13.4. The number of nitrogens with one attached hydrogen (secondary N) is 1. The van der Waals surface area contributed by atoms with Gasteiger partial charge in [0.1, 0.15) is 0 Å². The van der Waals surface area contributed by atoms with Crippen molar-refractivity contribution in [3.8, 4) is 0 Å². The first-order valence-electron chi connectivity index (χ1n) is 7.37. The molecule has 24 heavy (non-hydrogen) atoms. The summed E-state index contributed by atoms with van der Waals surface area (Å²) < 4.78 is 9.89. The monoisotopic (exact) mass is 330 g/mol. The van der Waals surface area contributed by atoms with E-state index in [0.717, 1.165) is 0 Å². The minimum Gasteiger partial charge on any atom is -0.462 e. The highest BCUT2D eigenvalue weighted by Gasteiger charge is 2.17. The lowest BCUT2D eigenvalue weighted by atomic mass is 10.2. The Morgan fingerprint density at radius 1 is 1.17 bits per heavy atom. The van der Waals surface area contributed by atoms with Crippen LogP contribution in [0.2, 0.25) is 0 Å². The summed E-state index contributed by atoms with van der Waals surface area (Å²) in [5.74, 6) is -0.989. The molecule has 0 unspecified atom stereocenters. The number of rotatable bonds is 6. The Morgan fingerprint density at radius 3 is 2.46 bits per heavy atom. The maximum Gasteiger partial charge on any atom is 0.338 e. The standard InChI is InChI=1S/C17H18N2O5/c1-3-23-17(22)12-6-8-13(9-7-12)18-15(20)11-19(2)16(21)14-5-4-10-24-14/h4-10H,3,11H2,1-2H3,(H,18,20). The van der Waals surface area contributed by atoms with Crippen LogP contribution < -0.4 is 5.32 Å². The number of hydrogen-bond acceptors (Lipinski definition) is 5. The number of likely N-dealkylation sites (N-methyl/N-ethyl adjacent to an activating group) is 1. The smallest absolute Gasteiger partial charge is 0.338 e. The van der Waals surface area contributed by atoms with Crippen molar-refractivity contribution in [2.24, 2.45) is 0 Å². The molecule has 1 N–H and O–H groups in total. The second-order valence-corrected chi connectivity index (χ2v) is 4.98. The third kappa shape index (κ3) is 4.45. The average Bonchev–Trinajstić information content (AvgIpc) is 3.09. The number of hydrogen-bond donors (Lipinski definition) is 1. The van der Waals surface area contributed by atoms with Crippen molar-refractivity contribution < 1.29 is 23.5 Å². The van der Waals surface area contributed by atoms with Gasteiger partial charge in [-0.15, -0.1) is 0 Å². The zero-order valence-electron chi connectivity index (χ0n) is 13.4. The highest BCUT2D eigenvalue weighted by Crippen LogP contribution is 2.11. The van der Waals surface area contributed by atoms with Gasteiger partial charge in [-0.25, -0.2) is 4.79 Å². The van der Waals surface area contributed by atoms with Crippen molar-refractivity contribution in [3.05, 3.63) is 54.0 Å². The molecule has 1 aromatic heterocycles. The highest BCUT2D eigenvalue weighted by atomic mass is 16.5. The van der Waals surface area contributed by atoms with Gasteiger partial charge in [0, 0.05) is 12.7 Å². The van der Waals surface area contributed by atoms with Crippen LogP contribution >= 0.6 is 0 Å². The third-order valence-electron chi connectivity index (χ3n) is 3.14. The molecule has 0 aliphatic rings. The fraction of sp³-hybridized carbons (Fsp3) is 0.235. The molecule has 126 valence electrons. The van der Waals surface area contributed by atoms with E-state index in [4.69, 9.17) is 9.15 Å². The molecule has 2 amide bonds. The van der Waals surface area contributed by atoms with Crippen LogP contribution in [0.15, 0.2) is 47.1 Å². The van der Waals surface area contributed by atoms with Crippen molar-refractivity contribution in [2.75, 3.05) is 25.5 Å². The van der Waals surface area contributed by atoms with Crippen LogP contribution in [0.4, 0.5) is 5.69 Å². The van der Waals surface area contributed by atoms with Gasteiger partial charge in [-0.1, -0.05) is 0 Å². The minimum atomic E-state index is -0.417. The van der Waals surface area contributed by atoms with Crippen LogP contribution in [0.5, 0.6) is 0 Å². The van der Waals surface area contributed by atoms with E-state index in [1.165, 1.54) is 24.3 Å². The molecule has 0 spiro atoms. The third-order valence-corrected chi connectivity index (χ3v) is 3.14. The van der Waals surface area contributed by atoms with Gasteiger partial charge in [0.15, 0.2) is 5.76 Å². The van der Waals surface area contributed by atoms with E-state index >= 15 is 0 Å². The van der Waals surface area contributed by atoms with Crippen molar-refractivity contribution in [3.63, 3.8) is 0 Å². The van der Waals surface area contributed by atoms with E-state index in [0.29, 0.717) is 17.9 Å². The molecule has 0 aliphatic heterocycles. The van der Waals surface area contributed by atoms with E-state index in [1.807, 2.05) is 0 Å². The van der Waals surface area contributed by atoms with Gasteiger partial charge in [0.05, 0.1) is 25.0 Å². The quantitative estimate of drug-likeness (QED) is 0.820. The Balaban J connectivity index is 1.90. The minimum absolute atomic E-state index is 0.126. The normalized spacial score (nSPS) is 10.1. The number of esters is 1. The zero-order chi connectivity index (χ0) is 17.5. The molecule has 2 aromatic rings. The number of amides is 2. The molecule has 2 rings (SSSR count). The fourth-order valence-electron chi connectivity index (χ4n) is 1.98. The molecular weight excluding hydrogens is 312 g/mol. The largest absolute Gasteiger partial charge is 0.462 e. The molecular formula is C17H18N2O5. The van der Waals surface area contributed by atoms with E-state index in [2.05, 4.69) is 5.32 Å². The molecule has 0 fully saturated rings. The number of furan rings is 1. The first-order valence-corrected chi connectivity index (χ1v) is 7.37. The summed E-state index contributed by atoms with van der Waals surface area (Å²) in [6.45, 7) is 1.90. The Hall–Kier alpha value is -3.09. The van der Waals surface area contributed by atoms with E-state index in [9.17, 15) is 14.4 Å². The molecule has 0 bridgehead atoms. The van der Waals surface area contributed by atoms with Crippen LogP contribution in [0.1, 0.15) is 27.8 Å². The lowest BCUT2D eigenvalue weighted by molar-refractivity contribution is -0.116. The summed E-state index contributed by atoms with van der Waals surface area (Å²) in [7, 11) is 1.51. The Morgan fingerprint density at radius 2 is 1.88 bits per heavy atom. The molecule has 0 aliphatic carbocycles. The summed E-state index contributed by atoms with van der Waals surface area (Å²) in [4.78, 5) is 36.8. The number of carbonyl (C=O) groups is 3. The molecule has 0 atom stereocenters. The first-order chi connectivity index (χ1) is 11.5. The number of nitrogens with zero attached hydrogens (tertiary/aromatic N) is 1. The number of benzene rings is 1. The van der Waals surface area contributed by atoms with Gasteiger partial charge in [0.2, 0.25) is 5.91 Å². The molecule has 1 heterocycles. The number of anilines is 1. The summed E-state index contributed by atoms with van der Waals surface area (Å²) >= 11 is 0. The number of ether oxygens (including phenoxy) is 1. The van der Waals surface area contributed by atoms with Crippen molar-refractivity contribution >= 4 is 23.5 Å². The first kappa shape index (κ1) is 17.3. The summed E-state index contributed by atoms with van der Waals surface area (Å²) in [5, 5.41) is 2.66. The van der Waals surface area contributed by atoms with Crippen molar-refractivity contribution in [2.45, 2.75) is 6.92 Å². The maximum atomic E-state index is 12.0. The van der Waals surface area contributed by atoms with E-state index in [1.54, 1.807) is 37.3 Å². The summed E-state index contributed by atoms with van der Waals surface area (Å²) in [6, 6.07) is 9.45. The second-order valence-electron chi connectivity index (χ2n) is 4.98. The van der Waals surface area contributed by atoms with Crippen molar-refractivity contribution in [1.82, 2.24) is 4.90 Å². The van der Waals surface area contributed by atoms with Gasteiger partial charge >= 0.3 is 5.97 Å². The van der Waals surface area contributed by atoms with E-state index in [-0.39, 0.29) is 24.1 Å². The SMILES string of the molecule is CCOC(=O)c1ccc(NC(=O)CN(C)C(=O)c2ccco2)cc1. The van der Waals surface area contributed by atoms with Crippen LogP contribution in [0.25, 0.3) is 0 Å². The van der Waals surface area contributed by atoms with Crippen LogP contribution in [-0.4, -0.2) is 42.9 Å². The average molecular weight is 330 g/mol.